The summed E-state index contributed by atoms with van der Waals surface area (Å²) in [5.74, 6) is 0.245. The van der Waals surface area contributed by atoms with Gasteiger partial charge in [-0.05, 0) is 73.1 Å². The first-order chi connectivity index (χ1) is 23.4. The normalized spacial score (nSPS) is 17.3. The summed E-state index contributed by atoms with van der Waals surface area (Å²) in [4.78, 5) is 30.2. The average molecular weight is 675 g/mol. The Morgan fingerprint density at radius 2 is 1.59 bits per heavy atom. The lowest BCUT2D eigenvalue weighted by molar-refractivity contribution is -0.137. The van der Waals surface area contributed by atoms with Crippen LogP contribution in [0.2, 0.25) is 0 Å². The van der Waals surface area contributed by atoms with Crippen molar-refractivity contribution in [2.45, 2.75) is 45.1 Å². The number of aliphatic hydroxyl groups excluding tert-OH is 1. The number of carbonyl (C=O) groups is 2. The zero-order valence-electron chi connectivity index (χ0n) is 27.7. The molecule has 0 aliphatic carbocycles. The van der Waals surface area contributed by atoms with Crippen molar-refractivity contribution in [2.24, 2.45) is 5.92 Å². The molecule has 8 nitrogen and oxygen atoms in total. The highest BCUT2D eigenvalue weighted by Gasteiger charge is 2.32. The molecule has 3 atom stereocenters. The Morgan fingerprint density at radius 3 is 2.24 bits per heavy atom. The SMILES string of the molecule is C[C@@H]1CN([C@@H](C)CO)C(=O)Cc2cc(NC(=O)Nc3ccc(C(F)(F)F)cc3)ccc2O[C@H]1CN(C)Cc1ccc(-c2ccccc2)cc1. The van der Waals surface area contributed by atoms with Gasteiger partial charge in [-0.1, -0.05) is 61.5 Å². The molecule has 4 aromatic carbocycles. The van der Waals surface area contributed by atoms with Crippen molar-refractivity contribution < 1.29 is 32.6 Å². The third-order valence-corrected chi connectivity index (χ3v) is 8.65. The highest BCUT2D eigenvalue weighted by molar-refractivity contribution is 6.00. The number of hydrogen-bond acceptors (Lipinski definition) is 5. The van der Waals surface area contributed by atoms with Crippen LogP contribution < -0.4 is 15.4 Å². The molecule has 1 aliphatic heterocycles. The number of urea groups is 1. The van der Waals surface area contributed by atoms with Gasteiger partial charge in [-0.2, -0.15) is 13.2 Å². The fraction of sp³-hybridized carbons (Fsp3) is 0.316. The van der Waals surface area contributed by atoms with Crippen molar-refractivity contribution in [1.29, 1.82) is 0 Å². The molecule has 0 unspecified atom stereocenters. The number of fused-ring (bicyclic) bond motifs is 1. The van der Waals surface area contributed by atoms with Crippen LogP contribution >= 0.6 is 0 Å². The van der Waals surface area contributed by atoms with Crippen molar-refractivity contribution in [3.8, 4) is 16.9 Å². The van der Waals surface area contributed by atoms with Gasteiger partial charge in [-0.15, -0.1) is 0 Å². The monoisotopic (exact) mass is 674 g/mol. The summed E-state index contributed by atoms with van der Waals surface area (Å²) >= 11 is 0. The summed E-state index contributed by atoms with van der Waals surface area (Å²) < 4.78 is 45.3. The van der Waals surface area contributed by atoms with Crippen LogP contribution in [0.25, 0.3) is 11.1 Å². The molecular formula is C38H41F3N4O4. The van der Waals surface area contributed by atoms with Gasteiger partial charge >= 0.3 is 12.2 Å². The molecule has 0 saturated heterocycles. The summed E-state index contributed by atoms with van der Waals surface area (Å²) in [6.45, 7) is 5.27. The van der Waals surface area contributed by atoms with E-state index in [4.69, 9.17) is 4.74 Å². The number of rotatable bonds is 9. The molecule has 11 heteroatoms. The van der Waals surface area contributed by atoms with Gasteiger partial charge in [0.2, 0.25) is 5.91 Å². The molecule has 0 bridgehead atoms. The van der Waals surface area contributed by atoms with E-state index in [0.29, 0.717) is 36.6 Å². The van der Waals surface area contributed by atoms with Gasteiger partial charge in [-0.25, -0.2) is 4.79 Å². The van der Waals surface area contributed by atoms with Crippen molar-refractivity contribution in [3.63, 3.8) is 0 Å². The van der Waals surface area contributed by atoms with E-state index >= 15 is 0 Å². The average Bonchev–Trinajstić information content (AvgIpc) is 3.12. The van der Waals surface area contributed by atoms with E-state index in [-0.39, 0.29) is 36.6 Å². The molecule has 5 rings (SSSR count). The van der Waals surface area contributed by atoms with Crippen LogP contribution in [-0.2, 0) is 23.9 Å². The van der Waals surface area contributed by atoms with Gasteiger partial charge in [0.15, 0.2) is 0 Å². The van der Waals surface area contributed by atoms with Crippen LogP contribution in [0.3, 0.4) is 0 Å². The summed E-state index contributed by atoms with van der Waals surface area (Å²) in [5, 5.41) is 15.2. The summed E-state index contributed by atoms with van der Waals surface area (Å²) in [6, 6.07) is 26.8. The highest BCUT2D eigenvalue weighted by atomic mass is 19.4. The number of nitrogens with one attached hydrogen (secondary N) is 2. The second-order valence-electron chi connectivity index (χ2n) is 12.6. The second-order valence-corrected chi connectivity index (χ2v) is 12.6. The number of likely N-dealkylation sites (N-methyl/N-ethyl adjacent to an activating group) is 1. The van der Waals surface area contributed by atoms with E-state index in [1.807, 2.05) is 32.2 Å². The van der Waals surface area contributed by atoms with E-state index in [0.717, 1.165) is 28.8 Å². The summed E-state index contributed by atoms with van der Waals surface area (Å²) in [7, 11) is 2.02. The Morgan fingerprint density at radius 1 is 0.959 bits per heavy atom. The number of amides is 3. The van der Waals surface area contributed by atoms with Crippen LogP contribution in [0, 0.1) is 5.92 Å². The molecule has 0 fully saturated rings. The fourth-order valence-electron chi connectivity index (χ4n) is 5.88. The van der Waals surface area contributed by atoms with Crippen molar-refractivity contribution in [3.05, 3.63) is 114 Å². The Kier molecular flexibility index (Phi) is 11.3. The van der Waals surface area contributed by atoms with Crippen LogP contribution in [-0.4, -0.2) is 65.7 Å². The molecule has 0 spiro atoms. The topological polar surface area (TPSA) is 94.1 Å². The Hall–Kier alpha value is -4.87. The van der Waals surface area contributed by atoms with Crippen LogP contribution in [0.5, 0.6) is 5.75 Å². The van der Waals surface area contributed by atoms with E-state index in [1.54, 1.807) is 30.0 Å². The molecule has 1 heterocycles. The number of halogens is 3. The maximum atomic E-state index is 13.6. The molecule has 0 radical (unpaired) electrons. The largest absolute Gasteiger partial charge is 0.488 e. The molecule has 4 aromatic rings. The van der Waals surface area contributed by atoms with Gasteiger partial charge in [0, 0.05) is 42.5 Å². The molecule has 0 aromatic heterocycles. The summed E-state index contributed by atoms with van der Waals surface area (Å²) in [6.07, 6.45) is -4.81. The fourth-order valence-corrected chi connectivity index (χ4v) is 5.88. The quantitative estimate of drug-likeness (QED) is 0.173. The highest BCUT2D eigenvalue weighted by Crippen LogP contribution is 2.31. The maximum Gasteiger partial charge on any atom is 0.416 e. The van der Waals surface area contributed by atoms with Crippen molar-refractivity contribution in [1.82, 2.24) is 9.80 Å². The molecule has 0 saturated carbocycles. The Balaban J connectivity index is 1.31. The molecule has 49 heavy (non-hydrogen) atoms. The van der Waals surface area contributed by atoms with Gasteiger partial charge in [-0.3, -0.25) is 9.69 Å². The number of carbonyl (C=O) groups excluding carboxylic acids is 2. The number of benzene rings is 4. The van der Waals surface area contributed by atoms with Crippen LogP contribution in [0.1, 0.15) is 30.5 Å². The molecule has 3 amide bonds. The van der Waals surface area contributed by atoms with Gasteiger partial charge in [0.1, 0.15) is 11.9 Å². The first-order valence-corrected chi connectivity index (χ1v) is 16.2. The molecule has 1 aliphatic rings. The van der Waals surface area contributed by atoms with E-state index in [9.17, 15) is 27.9 Å². The standard InChI is InChI=1S/C38H41F3N4O4/c1-25-21-45(26(2)24-46)36(47)20-30-19-33(43-37(48)42-32-15-13-31(14-16-32)38(39,40)41)17-18-34(30)49-35(25)23-44(3)22-27-9-11-29(12-10-27)28-7-5-4-6-8-28/h4-19,25-26,35,46H,20-24H2,1-3H3,(H2,42,43,48)/t25-,26+,35+/m1/s1. The first kappa shape index (κ1) is 35.4. The van der Waals surface area contributed by atoms with E-state index in [2.05, 4.69) is 51.9 Å². The number of alkyl halides is 3. The third kappa shape index (κ3) is 9.39. The minimum absolute atomic E-state index is 0.0151. The number of nitrogens with zero attached hydrogens (tertiary/aromatic N) is 2. The van der Waals surface area contributed by atoms with E-state index in [1.165, 1.54) is 12.1 Å². The second kappa shape index (κ2) is 15.6. The number of aliphatic hydroxyl groups is 1. The number of ether oxygens (including phenoxy) is 1. The summed E-state index contributed by atoms with van der Waals surface area (Å²) in [5.41, 5.74) is 3.75. The zero-order chi connectivity index (χ0) is 35.1. The maximum absolute atomic E-state index is 13.6. The Labute approximate surface area is 284 Å². The minimum atomic E-state index is -4.48. The molecular weight excluding hydrogens is 633 g/mol. The number of hydrogen-bond donors (Lipinski definition) is 3. The predicted molar refractivity (Wildman–Crippen MR) is 184 cm³/mol. The minimum Gasteiger partial charge on any atom is -0.488 e. The molecule has 258 valence electrons. The van der Waals surface area contributed by atoms with Gasteiger partial charge in [0.25, 0.3) is 0 Å². The lowest BCUT2D eigenvalue weighted by Gasteiger charge is -2.34. The van der Waals surface area contributed by atoms with Crippen LogP contribution in [0.15, 0.2) is 97.1 Å². The van der Waals surface area contributed by atoms with Gasteiger partial charge < -0.3 is 25.4 Å². The predicted octanol–water partition coefficient (Wildman–Crippen LogP) is 7.30. The number of anilines is 2. The molecule has 3 N–H and O–H groups in total. The lowest BCUT2D eigenvalue weighted by Crippen LogP contribution is -2.47. The van der Waals surface area contributed by atoms with Crippen LogP contribution in [0.4, 0.5) is 29.3 Å². The third-order valence-electron chi connectivity index (χ3n) is 8.65. The smallest absolute Gasteiger partial charge is 0.416 e. The van der Waals surface area contributed by atoms with E-state index < -0.39 is 23.8 Å². The van der Waals surface area contributed by atoms with Crippen molar-refractivity contribution >= 4 is 23.3 Å². The zero-order valence-corrected chi connectivity index (χ0v) is 27.7. The lowest BCUT2D eigenvalue weighted by atomic mass is 10.0. The van der Waals surface area contributed by atoms with Crippen molar-refractivity contribution in [2.75, 3.05) is 37.4 Å². The first-order valence-electron chi connectivity index (χ1n) is 16.2. The Bertz CT molecular complexity index is 1720. The van der Waals surface area contributed by atoms with Gasteiger partial charge in [0.05, 0.1) is 24.6 Å².